The number of nitrogens with one attached hydrogen (secondary N) is 1. The average Bonchev–Trinajstić information content (AvgIpc) is 3.28. The van der Waals surface area contributed by atoms with Gasteiger partial charge in [0.25, 0.3) is 0 Å². The second-order valence-electron chi connectivity index (χ2n) is 12.5. The first-order chi connectivity index (χ1) is 22.8. The summed E-state index contributed by atoms with van der Waals surface area (Å²) >= 11 is 3.08. The van der Waals surface area contributed by atoms with Crippen LogP contribution in [0.4, 0.5) is 10.2 Å². The fraction of sp³-hybridized carbons (Fsp3) is 0.375. The minimum Gasteiger partial charge on any atom is -0.426 e. The Morgan fingerprint density at radius 2 is 1.83 bits per heavy atom. The van der Waals surface area contributed by atoms with Crippen molar-refractivity contribution in [3.8, 4) is 11.3 Å². The van der Waals surface area contributed by atoms with Gasteiger partial charge in [-0.05, 0) is 67.2 Å². The number of aryl methyl sites for hydroxylation is 4. The first-order valence-corrected chi connectivity index (χ1v) is 16.0. The van der Waals surface area contributed by atoms with Gasteiger partial charge in [-0.2, -0.15) is 5.10 Å². The van der Waals surface area contributed by atoms with E-state index in [0.29, 0.717) is 70.3 Å². The minimum absolute atomic E-state index is 0.0392. The molecule has 246 valence electrons. The molecule has 5 aromatic heterocycles. The van der Waals surface area contributed by atoms with Crippen molar-refractivity contribution in [3.05, 3.63) is 69.5 Å². The van der Waals surface area contributed by atoms with Crippen molar-refractivity contribution in [2.24, 2.45) is 5.41 Å². The molecule has 1 saturated carbocycles. The molecule has 0 spiro atoms. The zero-order valence-electron chi connectivity index (χ0n) is 26.7. The average molecular weight is 718 g/mol. The number of halogens is 2. The third-order valence-corrected chi connectivity index (χ3v) is 9.60. The standard InChI is InChI=1S/C32H30BrFN10O4/c1-14-6-21(34)29(33)38-30(14)39-31(47)23-8-32(10-25-41-40-18(5)48-25)9-24(32)44(23)26(46)13-43-28-15(2)37-22(19-11-35-17(4)36-12-19)7-20(28)27(42-43)16(3)45/h6-7,11-12,23-24H,8-10,13H2,1-5H3,(H,38,39,47)/t23-,24+,32-/m0/s1. The molecule has 1 aliphatic carbocycles. The van der Waals surface area contributed by atoms with Crippen molar-refractivity contribution in [2.75, 3.05) is 5.32 Å². The second kappa shape index (κ2) is 11.6. The van der Waals surface area contributed by atoms with Gasteiger partial charge in [0.2, 0.25) is 23.6 Å². The molecule has 2 amide bonds. The van der Waals surface area contributed by atoms with E-state index in [9.17, 15) is 18.8 Å². The number of rotatable bonds is 8. The summed E-state index contributed by atoms with van der Waals surface area (Å²) in [5.74, 6) is 0.0163. The molecule has 6 heterocycles. The highest BCUT2D eigenvalue weighted by Gasteiger charge is 2.67. The van der Waals surface area contributed by atoms with Gasteiger partial charge in [0.05, 0.1) is 16.9 Å². The summed E-state index contributed by atoms with van der Waals surface area (Å²) in [5, 5.41) is 16.0. The Balaban J connectivity index is 1.22. The van der Waals surface area contributed by atoms with E-state index < -0.39 is 23.2 Å². The number of hydrogen-bond acceptors (Lipinski definition) is 11. The number of anilines is 1. The van der Waals surface area contributed by atoms with E-state index in [1.54, 1.807) is 51.1 Å². The lowest BCUT2D eigenvalue weighted by molar-refractivity contribution is -0.138. The van der Waals surface area contributed by atoms with Gasteiger partial charge in [-0.3, -0.25) is 24.0 Å². The van der Waals surface area contributed by atoms with Crippen LogP contribution < -0.4 is 5.32 Å². The third-order valence-electron chi connectivity index (χ3n) is 9.04. The summed E-state index contributed by atoms with van der Waals surface area (Å²) < 4.78 is 21.2. The summed E-state index contributed by atoms with van der Waals surface area (Å²) in [4.78, 5) is 59.9. The Labute approximate surface area is 281 Å². The zero-order valence-corrected chi connectivity index (χ0v) is 28.3. The van der Waals surface area contributed by atoms with Gasteiger partial charge in [0, 0.05) is 55.1 Å². The molecule has 0 unspecified atom stereocenters. The monoisotopic (exact) mass is 716 g/mol. The van der Waals surface area contributed by atoms with Crippen molar-refractivity contribution in [2.45, 2.75) is 72.5 Å². The van der Waals surface area contributed by atoms with Crippen LogP contribution in [0.2, 0.25) is 0 Å². The Morgan fingerprint density at radius 3 is 2.52 bits per heavy atom. The fourth-order valence-corrected chi connectivity index (χ4v) is 7.01. The highest BCUT2D eigenvalue weighted by molar-refractivity contribution is 9.10. The van der Waals surface area contributed by atoms with Crippen molar-refractivity contribution < 1.29 is 23.2 Å². The SMILES string of the molecule is CC(=O)c1nn(CC(=O)N2[C@H](C(=O)Nc3nc(Br)c(F)cc3C)C[C@@]3(Cc4nnc(C)o4)C[C@@H]23)c2c(C)nc(-c3cnc(C)nc3)cc12. The van der Waals surface area contributed by atoms with Gasteiger partial charge < -0.3 is 14.6 Å². The van der Waals surface area contributed by atoms with Crippen molar-refractivity contribution in [1.29, 1.82) is 0 Å². The first-order valence-electron chi connectivity index (χ1n) is 15.3. The summed E-state index contributed by atoms with van der Waals surface area (Å²) in [6.07, 6.45) is 4.72. The lowest BCUT2D eigenvalue weighted by Crippen LogP contribution is -2.47. The third kappa shape index (κ3) is 5.52. The number of Topliss-reactive ketones (excluding diaryl/α,β-unsaturated/α-hetero) is 1. The quantitative estimate of drug-likeness (QED) is 0.180. The summed E-state index contributed by atoms with van der Waals surface area (Å²) in [7, 11) is 0. The molecule has 1 N–H and O–H groups in total. The van der Waals surface area contributed by atoms with Gasteiger partial charge in [0.15, 0.2) is 11.6 Å². The van der Waals surface area contributed by atoms with Crippen LogP contribution >= 0.6 is 15.9 Å². The molecule has 48 heavy (non-hydrogen) atoms. The fourth-order valence-electron chi connectivity index (χ4n) is 6.72. The number of piperidine rings is 1. The van der Waals surface area contributed by atoms with Crippen LogP contribution in [0.5, 0.6) is 0 Å². The normalized spacial score (nSPS) is 19.9. The smallest absolute Gasteiger partial charge is 0.248 e. The molecule has 7 rings (SSSR count). The number of pyridine rings is 2. The predicted molar refractivity (Wildman–Crippen MR) is 172 cm³/mol. The minimum atomic E-state index is -0.869. The first kappa shape index (κ1) is 31.6. The molecule has 14 nitrogen and oxygen atoms in total. The number of amides is 2. The lowest BCUT2D eigenvalue weighted by Gasteiger charge is -2.27. The van der Waals surface area contributed by atoms with E-state index in [1.165, 1.54) is 17.7 Å². The van der Waals surface area contributed by atoms with Crippen LogP contribution in [0.25, 0.3) is 22.2 Å². The Bertz CT molecular complexity index is 2150. The molecule has 5 aromatic rings. The van der Waals surface area contributed by atoms with Crippen LogP contribution in [-0.2, 0) is 22.6 Å². The summed E-state index contributed by atoms with van der Waals surface area (Å²) in [5.41, 5.74) is 2.52. The highest BCUT2D eigenvalue weighted by atomic mass is 79.9. The van der Waals surface area contributed by atoms with E-state index in [-0.39, 0.29) is 40.4 Å². The number of aromatic nitrogens is 8. The number of nitrogens with zero attached hydrogens (tertiary/aromatic N) is 9. The molecule has 2 fully saturated rings. The van der Waals surface area contributed by atoms with Crippen molar-refractivity contribution in [3.63, 3.8) is 0 Å². The maximum atomic E-state index is 14.3. The zero-order chi connectivity index (χ0) is 34.1. The van der Waals surface area contributed by atoms with E-state index in [1.807, 2.05) is 0 Å². The van der Waals surface area contributed by atoms with E-state index in [0.717, 1.165) is 0 Å². The molecule has 2 aliphatic rings. The van der Waals surface area contributed by atoms with Crippen LogP contribution in [-0.4, -0.2) is 74.5 Å². The molecule has 0 aromatic carbocycles. The van der Waals surface area contributed by atoms with Gasteiger partial charge >= 0.3 is 0 Å². The van der Waals surface area contributed by atoms with Gasteiger partial charge in [-0.25, -0.2) is 19.3 Å². The second-order valence-corrected chi connectivity index (χ2v) is 13.2. The predicted octanol–water partition coefficient (Wildman–Crippen LogP) is 4.25. The number of ketones is 1. The Hall–Kier alpha value is -4.99. The van der Waals surface area contributed by atoms with Crippen LogP contribution in [0.15, 0.2) is 33.5 Å². The molecule has 1 saturated heterocycles. The van der Waals surface area contributed by atoms with Crippen molar-refractivity contribution in [1.82, 2.24) is 44.8 Å². The molecule has 1 aliphatic heterocycles. The molecule has 16 heteroatoms. The number of fused-ring (bicyclic) bond motifs is 2. The Morgan fingerprint density at radius 1 is 1.08 bits per heavy atom. The van der Waals surface area contributed by atoms with E-state index >= 15 is 0 Å². The summed E-state index contributed by atoms with van der Waals surface area (Å²) in [6.45, 7) is 8.08. The topological polar surface area (TPSA) is 175 Å². The largest absolute Gasteiger partial charge is 0.426 e. The number of carbonyl (C=O) groups is 3. The molecular weight excluding hydrogens is 687 g/mol. The molecule has 0 radical (unpaired) electrons. The number of hydrogen-bond donors (Lipinski definition) is 1. The lowest BCUT2D eigenvalue weighted by atomic mass is 9.95. The Kier molecular flexibility index (Phi) is 7.64. The highest BCUT2D eigenvalue weighted by Crippen LogP contribution is 2.61. The molecular formula is C32H30BrFN10O4. The van der Waals surface area contributed by atoms with Crippen molar-refractivity contribution >= 4 is 50.2 Å². The maximum Gasteiger partial charge on any atom is 0.248 e. The van der Waals surface area contributed by atoms with Gasteiger partial charge in [0.1, 0.15) is 34.5 Å². The number of carbonyl (C=O) groups excluding carboxylic acids is 3. The van der Waals surface area contributed by atoms with E-state index in [2.05, 4.69) is 51.5 Å². The summed E-state index contributed by atoms with van der Waals surface area (Å²) in [6, 6.07) is 1.88. The molecule has 3 atom stereocenters. The van der Waals surface area contributed by atoms with E-state index in [4.69, 9.17) is 9.40 Å². The van der Waals surface area contributed by atoms with Crippen LogP contribution in [0, 0.1) is 38.9 Å². The maximum absolute atomic E-state index is 14.3. The van der Waals surface area contributed by atoms with Gasteiger partial charge in [-0.1, -0.05) is 0 Å². The van der Waals surface area contributed by atoms with Crippen LogP contribution in [0.1, 0.15) is 59.1 Å². The van der Waals surface area contributed by atoms with Crippen LogP contribution in [0.3, 0.4) is 0 Å². The van der Waals surface area contributed by atoms with Gasteiger partial charge in [-0.15, -0.1) is 10.2 Å². The number of likely N-dealkylation sites (tertiary alicyclic amines) is 1. The molecule has 0 bridgehead atoms.